The first kappa shape index (κ1) is 16.9. The smallest absolute Gasteiger partial charge is 0.253 e. The number of benzene rings is 2. The topological polar surface area (TPSA) is 57.7 Å². The lowest BCUT2D eigenvalue weighted by molar-refractivity contribution is 0.0644. The number of piperazine rings is 1. The summed E-state index contributed by atoms with van der Waals surface area (Å²) in [5.74, 6) is 0.217. The van der Waals surface area contributed by atoms with Crippen LogP contribution < -0.4 is 0 Å². The zero-order chi connectivity index (χ0) is 17.2. The SMILES string of the molecule is CS(=O)(=O)CCN1CCN(C(=O)c2ccc3ccccc3c2)CC1. The third-order valence-corrected chi connectivity index (χ3v) is 5.36. The quantitative estimate of drug-likeness (QED) is 0.845. The summed E-state index contributed by atoms with van der Waals surface area (Å²) in [6.45, 7) is 3.24. The van der Waals surface area contributed by atoms with Gasteiger partial charge in [0, 0.05) is 44.5 Å². The maximum Gasteiger partial charge on any atom is 0.253 e. The Labute approximate surface area is 142 Å². The molecule has 2 aromatic rings. The van der Waals surface area contributed by atoms with Crippen LogP contribution in [0.5, 0.6) is 0 Å². The second-order valence-corrected chi connectivity index (χ2v) is 8.59. The van der Waals surface area contributed by atoms with Gasteiger partial charge in [-0.3, -0.25) is 9.69 Å². The number of rotatable bonds is 4. The zero-order valence-corrected chi connectivity index (χ0v) is 14.6. The van der Waals surface area contributed by atoms with Crippen LogP contribution in [0.15, 0.2) is 42.5 Å². The molecule has 5 nitrogen and oxygen atoms in total. The number of amides is 1. The lowest BCUT2D eigenvalue weighted by atomic mass is 10.1. The monoisotopic (exact) mass is 346 g/mol. The Morgan fingerprint density at radius 2 is 1.67 bits per heavy atom. The van der Waals surface area contributed by atoms with Crippen molar-refractivity contribution in [3.63, 3.8) is 0 Å². The lowest BCUT2D eigenvalue weighted by Crippen LogP contribution is -2.49. The van der Waals surface area contributed by atoms with Crippen LogP contribution in [0, 0.1) is 0 Å². The molecule has 2 aromatic carbocycles. The zero-order valence-electron chi connectivity index (χ0n) is 13.8. The van der Waals surface area contributed by atoms with Crippen molar-refractivity contribution in [2.24, 2.45) is 0 Å². The fraction of sp³-hybridized carbons (Fsp3) is 0.389. The van der Waals surface area contributed by atoms with Crippen LogP contribution in [-0.4, -0.2) is 68.9 Å². The molecule has 1 aliphatic heterocycles. The van der Waals surface area contributed by atoms with Crippen LogP contribution in [0.4, 0.5) is 0 Å². The maximum atomic E-state index is 12.7. The number of nitrogens with zero attached hydrogens (tertiary/aromatic N) is 2. The first-order valence-corrected chi connectivity index (χ1v) is 10.2. The Kier molecular flexibility index (Phi) is 4.87. The van der Waals surface area contributed by atoms with E-state index in [1.54, 1.807) is 0 Å². The summed E-state index contributed by atoms with van der Waals surface area (Å²) in [6, 6.07) is 13.8. The molecule has 0 aliphatic carbocycles. The molecule has 6 heteroatoms. The highest BCUT2D eigenvalue weighted by atomic mass is 32.2. The fourth-order valence-electron chi connectivity index (χ4n) is 2.97. The minimum absolute atomic E-state index is 0.0449. The highest BCUT2D eigenvalue weighted by Crippen LogP contribution is 2.17. The Bertz CT molecular complexity index is 840. The minimum Gasteiger partial charge on any atom is -0.336 e. The largest absolute Gasteiger partial charge is 0.336 e. The molecular weight excluding hydrogens is 324 g/mol. The molecule has 0 N–H and O–H groups in total. The van der Waals surface area contributed by atoms with E-state index in [-0.39, 0.29) is 11.7 Å². The summed E-state index contributed by atoms with van der Waals surface area (Å²) < 4.78 is 22.5. The first-order chi connectivity index (χ1) is 11.4. The summed E-state index contributed by atoms with van der Waals surface area (Å²) >= 11 is 0. The number of sulfone groups is 1. The average Bonchev–Trinajstić information content (AvgIpc) is 2.59. The van der Waals surface area contributed by atoms with Crippen molar-refractivity contribution >= 4 is 26.5 Å². The fourth-order valence-corrected chi connectivity index (χ4v) is 3.56. The van der Waals surface area contributed by atoms with Gasteiger partial charge in [-0.25, -0.2) is 8.42 Å². The molecule has 1 amide bonds. The van der Waals surface area contributed by atoms with Crippen molar-refractivity contribution in [1.29, 1.82) is 0 Å². The standard InChI is InChI=1S/C18H22N2O3S/c1-24(22,23)13-12-19-8-10-20(11-9-19)18(21)17-7-6-15-4-2-3-5-16(15)14-17/h2-7,14H,8-13H2,1H3. The summed E-state index contributed by atoms with van der Waals surface area (Å²) in [5, 5.41) is 2.19. The lowest BCUT2D eigenvalue weighted by Gasteiger charge is -2.34. The van der Waals surface area contributed by atoms with Gasteiger partial charge in [-0.15, -0.1) is 0 Å². The van der Waals surface area contributed by atoms with Crippen LogP contribution in [0.2, 0.25) is 0 Å². The van der Waals surface area contributed by atoms with Gasteiger partial charge in [0.2, 0.25) is 0 Å². The van der Waals surface area contributed by atoms with Crippen LogP contribution >= 0.6 is 0 Å². The third kappa shape index (κ3) is 4.13. The number of carbonyl (C=O) groups is 1. The van der Waals surface area contributed by atoms with Gasteiger partial charge in [0.05, 0.1) is 5.75 Å². The normalized spacial score (nSPS) is 16.5. The molecule has 3 rings (SSSR count). The molecule has 0 spiro atoms. The molecule has 0 unspecified atom stereocenters. The van der Waals surface area contributed by atoms with E-state index in [1.807, 2.05) is 47.4 Å². The molecule has 1 saturated heterocycles. The van der Waals surface area contributed by atoms with E-state index in [2.05, 4.69) is 4.90 Å². The van der Waals surface area contributed by atoms with E-state index in [9.17, 15) is 13.2 Å². The first-order valence-electron chi connectivity index (χ1n) is 8.10. The van der Waals surface area contributed by atoms with Gasteiger partial charge >= 0.3 is 0 Å². The Morgan fingerprint density at radius 3 is 2.33 bits per heavy atom. The predicted molar refractivity (Wildman–Crippen MR) is 96.0 cm³/mol. The van der Waals surface area contributed by atoms with Gasteiger partial charge in [0.15, 0.2) is 0 Å². The predicted octanol–water partition coefficient (Wildman–Crippen LogP) is 1.64. The molecule has 0 bridgehead atoms. The Morgan fingerprint density at radius 1 is 1.00 bits per heavy atom. The van der Waals surface area contributed by atoms with Crippen molar-refractivity contribution in [2.45, 2.75) is 0 Å². The average molecular weight is 346 g/mol. The van der Waals surface area contributed by atoms with E-state index >= 15 is 0 Å². The van der Waals surface area contributed by atoms with Gasteiger partial charge < -0.3 is 4.90 Å². The third-order valence-electron chi connectivity index (χ3n) is 4.43. The molecule has 0 saturated carbocycles. The maximum absolute atomic E-state index is 12.7. The molecule has 128 valence electrons. The van der Waals surface area contributed by atoms with Gasteiger partial charge in [-0.2, -0.15) is 0 Å². The molecule has 24 heavy (non-hydrogen) atoms. The number of hydrogen-bond acceptors (Lipinski definition) is 4. The Balaban J connectivity index is 1.62. The van der Waals surface area contributed by atoms with Gasteiger partial charge in [0.1, 0.15) is 9.84 Å². The molecular formula is C18H22N2O3S. The number of fused-ring (bicyclic) bond motifs is 1. The molecule has 0 atom stereocenters. The second-order valence-electron chi connectivity index (χ2n) is 6.33. The van der Waals surface area contributed by atoms with Gasteiger partial charge in [-0.1, -0.05) is 30.3 Å². The van der Waals surface area contributed by atoms with Crippen molar-refractivity contribution in [1.82, 2.24) is 9.80 Å². The highest BCUT2D eigenvalue weighted by molar-refractivity contribution is 7.90. The van der Waals surface area contributed by atoms with Crippen LogP contribution in [0.3, 0.4) is 0 Å². The molecule has 0 aromatic heterocycles. The van der Waals surface area contributed by atoms with Crippen molar-refractivity contribution < 1.29 is 13.2 Å². The van der Waals surface area contributed by atoms with E-state index < -0.39 is 9.84 Å². The van der Waals surface area contributed by atoms with Gasteiger partial charge in [-0.05, 0) is 22.9 Å². The second kappa shape index (κ2) is 6.91. The Hall–Kier alpha value is -1.92. The summed E-state index contributed by atoms with van der Waals surface area (Å²) in [7, 11) is -2.94. The van der Waals surface area contributed by atoms with Crippen LogP contribution in [0.1, 0.15) is 10.4 Å². The van der Waals surface area contributed by atoms with Gasteiger partial charge in [0.25, 0.3) is 5.91 Å². The van der Waals surface area contributed by atoms with E-state index in [0.717, 1.165) is 23.9 Å². The molecule has 0 radical (unpaired) electrons. The molecule has 1 aliphatic rings. The number of carbonyl (C=O) groups excluding carboxylic acids is 1. The van der Waals surface area contributed by atoms with Crippen molar-refractivity contribution in [3.05, 3.63) is 48.0 Å². The van der Waals surface area contributed by atoms with E-state index in [1.165, 1.54) is 6.26 Å². The van der Waals surface area contributed by atoms with Crippen LogP contribution in [0.25, 0.3) is 10.8 Å². The van der Waals surface area contributed by atoms with E-state index in [4.69, 9.17) is 0 Å². The van der Waals surface area contributed by atoms with E-state index in [0.29, 0.717) is 25.2 Å². The van der Waals surface area contributed by atoms with Crippen molar-refractivity contribution in [3.8, 4) is 0 Å². The highest BCUT2D eigenvalue weighted by Gasteiger charge is 2.22. The molecule has 1 heterocycles. The minimum atomic E-state index is -2.94. The summed E-state index contributed by atoms with van der Waals surface area (Å²) in [4.78, 5) is 16.6. The summed E-state index contributed by atoms with van der Waals surface area (Å²) in [6.07, 6.45) is 1.26. The molecule has 1 fully saturated rings. The van der Waals surface area contributed by atoms with Crippen LogP contribution in [-0.2, 0) is 9.84 Å². The van der Waals surface area contributed by atoms with Crippen molar-refractivity contribution in [2.75, 3.05) is 44.7 Å². The summed E-state index contributed by atoms with van der Waals surface area (Å²) in [5.41, 5.74) is 0.707. The number of hydrogen-bond donors (Lipinski definition) is 0.